The molecular formula is C16H26N2O. The van der Waals surface area contributed by atoms with Crippen molar-refractivity contribution in [2.75, 3.05) is 17.7 Å². The lowest BCUT2D eigenvalue weighted by Gasteiger charge is -2.29. The fourth-order valence-electron chi connectivity index (χ4n) is 2.97. The molecule has 0 saturated heterocycles. The van der Waals surface area contributed by atoms with E-state index < -0.39 is 0 Å². The van der Waals surface area contributed by atoms with Crippen LogP contribution in [0.15, 0.2) is 18.2 Å². The third kappa shape index (κ3) is 4.05. The molecule has 1 fully saturated rings. The quantitative estimate of drug-likeness (QED) is 0.787. The molecule has 106 valence electrons. The summed E-state index contributed by atoms with van der Waals surface area (Å²) in [6, 6.07) is 6.40. The van der Waals surface area contributed by atoms with Gasteiger partial charge in [-0.2, -0.15) is 0 Å². The summed E-state index contributed by atoms with van der Waals surface area (Å²) in [5.41, 5.74) is 7.75. The monoisotopic (exact) mass is 262 g/mol. The van der Waals surface area contributed by atoms with E-state index in [9.17, 15) is 0 Å². The second-order valence-electron chi connectivity index (χ2n) is 5.55. The van der Waals surface area contributed by atoms with Crippen LogP contribution >= 0.6 is 0 Å². The molecule has 0 bridgehead atoms. The van der Waals surface area contributed by atoms with E-state index in [1.807, 2.05) is 25.1 Å². The van der Waals surface area contributed by atoms with E-state index >= 15 is 0 Å². The number of benzene rings is 1. The highest BCUT2D eigenvalue weighted by molar-refractivity contribution is 5.59. The zero-order valence-electron chi connectivity index (χ0n) is 12.1. The smallest absolute Gasteiger partial charge is 0.123 e. The minimum Gasteiger partial charge on any atom is -0.494 e. The maximum absolute atomic E-state index is 5.92. The first kappa shape index (κ1) is 14.0. The van der Waals surface area contributed by atoms with Gasteiger partial charge in [-0.15, -0.1) is 0 Å². The molecule has 3 N–H and O–H groups in total. The van der Waals surface area contributed by atoms with Crippen LogP contribution in [-0.2, 0) is 0 Å². The highest BCUT2D eigenvalue weighted by Crippen LogP contribution is 2.29. The first-order chi connectivity index (χ1) is 9.19. The van der Waals surface area contributed by atoms with Gasteiger partial charge in [-0.25, -0.2) is 0 Å². The Morgan fingerprint density at radius 3 is 2.68 bits per heavy atom. The van der Waals surface area contributed by atoms with Crippen molar-refractivity contribution < 1.29 is 4.74 Å². The normalized spacial score (nSPS) is 18.0. The molecule has 1 aromatic rings. The molecule has 2 rings (SSSR count). The fraction of sp³-hybridized carbons (Fsp3) is 0.625. The highest BCUT2D eigenvalue weighted by atomic mass is 16.5. The first-order valence-corrected chi connectivity index (χ1v) is 7.49. The largest absolute Gasteiger partial charge is 0.494 e. The van der Waals surface area contributed by atoms with Crippen LogP contribution in [0.3, 0.4) is 0 Å². The van der Waals surface area contributed by atoms with Crippen LogP contribution < -0.4 is 15.8 Å². The summed E-state index contributed by atoms with van der Waals surface area (Å²) in [6.07, 6.45) is 6.83. The van der Waals surface area contributed by atoms with E-state index in [1.54, 1.807) is 0 Å². The molecule has 1 atom stereocenters. The Kier molecular flexibility index (Phi) is 4.94. The SMILES string of the molecule is CCOc1cc(N)cc(NC(C)C2CCCCC2)c1. The summed E-state index contributed by atoms with van der Waals surface area (Å²) in [5, 5.41) is 3.59. The topological polar surface area (TPSA) is 47.3 Å². The number of anilines is 2. The van der Waals surface area contributed by atoms with Crippen molar-refractivity contribution in [1.29, 1.82) is 0 Å². The molecule has 0 spiro atoms. The summed E-state index contributed by atoms with van der Waals surface area (Å²) >= 11 is 0. The number of nitrogens with one attached hydrogen (secondary N) is 1. The molecule has 19 heavy (non-hydrogen) atoms. The van der Waals surface area contributed by atoms with Gasteiger partial charge in [0, 0.05) is 29.5 Å². The molecule has 0 heterocycles. The van der Waals surface area contributed by atoms with Gasteiger partial charge >= 0.3 is 0 Å². The zero-order valence-corrected chi connectivity index (χ0v) is 12.1. The Morgan fingerprint density at radius 2 is 2.00 bits per heavy atom. The van der Waals surface area contributed by atoms with Crippen LogP contribution in [0.25, 0.3) is 0 Å². The van der Waals surface area contributed by atoms with E-state index in [0.29, 0.717) is 12.6 Å². The average molecular weight is 262 g/mol. The van der Waals surface area contributed by atoms with Gasteiger partial charge in [-0.1, -0.05) is 19.3 Å². The van der Waals surface area contributed by atoms with E-state index in [0.717, 1.165) is 23.0 Å². The molecular weight excluding hydrogens is 236 g/mol. The number of rotatable bonds is 5. The summed E-state index contributed by atoms with van der Waals surface area (Å²) in [5.74, 6) is 1.63. The van der Waals surface area contributed by atoms with Crippen LogP contribution in [0, 0.1) is 5.92 Å². The molecule has 0 aliphatic heterocycles. The Morgan fingerprint density at radius 1 is 1.26 bits per heavy atom. The van der Waals surface area contributed by atoms with Crippen molar-refractivity contribution in [1.82, 2.24) is 0 Å². The van der Waals surface area contributed by atoms with Gasteiger partial charge < -0.3 is 15.8 Å². The van der Waals surface area contributed by atoms with Gasteiger partial charge in [0.25, 0.3) is 0 Å². The Balaban J connectivity index is 2.00. The van der Waals surface area contributed by atoms with Gasteiger partial charge in [-0.05, 0) is 38.7 Å². The molecule has 0 radical (unpaired) electrons. The average Bonchev–Trinajstić information content (AvgIpc) is 2.39. The molecule has 1 saturated carbocycles. The fourth-order valence-corrected chi connectivity index (χ4v) is 2.97. The summed E-state index contributed by atoms with van der Waals surface area (Å²) in [7, 11) is 0. The number of hydrogen-bond donors (Lipinski definition) is 2. The van der Waals surface area contributed by atoms with Crippen LogP contribution in [0.4, 0.5) is 11.4 Å². The molecule has 3 heteroatoms. The zero-order chi connectivity index (χ0) is 13.7. The molecule has 0 aromatic heterocycles. The predicted molar refractivity (Wildman–Crippen MR) is 81.7 cm³/mol. The summed E-state index contributed by atoms with van der Waals surface area (Å²) < 4.78 is 5.53. The van der Waals surface area contributed by atoms with Crippen molar-refractivity contribution in [2.24, 2.45) is 5.92 Å². The van der Waals surface area contributed by atoms with Gasteiger partial charge in [-0.3, -0.25) is 0 Å². The standard InChI is InChI=1S/C16H26N2O/c1-3-19-16-10-14(17)9-15(11-16)18-12(2)13-7-5-4-6-8-13/h9-13,18H,3-8,17H2,1-2H3. The van der Waals surface area contributed by atoms with Crippen LogP contribution in [0.1, 0.15) is 46.0 Å². The van der Waals surface area contributed by atoms with Gasteiger partial charge in [0.15, 0.2) is 0 Å². The number of hydrogen-bond acceptors (Lipinski definition) is 3. The maximum atomic E-state index is 5.92. The van der Waals surface area contributed by atoms with Crippen molar-refractivity contribution in [3.05, 3.63) is 18.2 Å². The van der Waals surface area contributed by atoms with Crippen LogP contribution in [0.2, 0.25) is 0 Å². The maximum Gasteiger partial charge on any atom is 0.123 e. The van der Waals surface area contributed by atoms with Gasteiger partial charge in [0.05, 0.1) is 6.61 Å². The third-order valence-electron chi connectivity index (χ3n) is 3.99. The number of nitrogen functional groups attached to an aromatic ring is 1. The highest BCUT2D eigenvalue weighted by Gasteiger charge is 2.19. The minimum absolute atomic E-state index is 0.497. The van der Waals surface area contributed by atoms with E-state index in [2.05, 4.69) is 12.2 Å². The molecule has 3 nitrogen and oxygen atoms in total. The Hall–Kier alpha value is -1.38. The Labute approximate surface area is 116 Å². The van der Waals surface area contributed by atoms with Gasteiger partial charge in [0.2, 0.25) is 0 Å². The lowest BCUT2D eigenvalue weighted by molar-refractivity contribution is 0.328. The number of ether oxygens (including phenoxy) is 1. The van der Waals surface area contributed by atoms with Gasteiger partial charge in [0.1, 0.15) is 5.75 Å². The first-order valence-electron chi connectivity index (χ1n) is 7.49. The molecule has 1 unspecified atom stereocenters. The van der Waals surface area contributed by atoms with Crippen LogP contribution in [0.5, 0.6) is 5.75 Å². The third-order valence-corrected chi connectivity index (χ3v) is 3.99. The molecule has 0 amide bonds. The number of nitrogens with two attached hydrogens (primary N) is 1. The van der Waals surface area contributed by atoms with E-state index in [4.69, 9.17) is 10.5 Å². The second kappa shape index (κ2) is 6.69. The lowest BCUT2D eigenvalue weighted by atomic mass is 9.84. The second-order valence-corrected chi connectivity index (χ2v) is 5.55. The summed E-state index contributed by atoms with van der Waals surface area (Å²) in [4.78, 5) is 0. The minimum atomic E-state index is 0.497. The molecule has 1 aromatic carbocycles. The van der Waals surface area contributed by atoms with E-state index in [1.165, 1.54) is 32.1 Å². The van der Waals surface area contributed by atoms with Crippen molar-refractivity contribution >= 4 is 11.4 Å². The predicted octanol–water partition coefficient (Wildman–Crippen LogP) is 4.05. The van der Waals surface area contributed by atoms with Crippen molar-refractivity contribution in [2.45, 2.75) is 52.0 Å². The van der Waals surface area contributed by atoms with Crippen LogP contribution in [-0.4, -0.2) is 12.6 Å². The summed E-state index contributed by atoms with van der Waals surface area (Å²) in [6.45, 7) is 4.93. The lowest BCUT2D eigenvalue weighted by Crippen LogP contribution is -2.27. The van der Waals surface area contributed by atoms with Crippen molar-refractivity contribution in [3.8, 4) is 5.75 Å². The Bertz CT molecular complexity index is 400. The molecule has 1 aliphatic carbocycles. The van der Waals surface area contributed by atoms with Crippen molar-refractivity contribution in [3.63, 3.8) is 0 Å². The van der Waals surface area contributed by atoms with E-state index in [-0.39, 0.29) is 0 Å². The molecule has 1 aliphatic rings.